The van der Waals surface area contributed by atoms with Crippen LogP contribution in [0.2, 0.25) is 0 Å². The Bertz CT molecular complexity index is 1730. The highest BCUT2D eigenvalue weighted by Gasteiger charge is 2.33. The number of amides is 2. The first-order valence-corrected chi connectivity index (χ1v) is 13.9. The SMILES string of the molecule is Cc1ccc(NC(=O)Nc2ccc(CN3CC[C@@H](N(C)C)C3)c(F)c2)cc1C#Cc1cn(C)c(-c2ncc(C(F)(F)F)[nH]2)n1. The van der Waals surface area contributed by atoms with Crippen molar-refractivity contribution in [1.29, 1.82) is 0 Å². The van der Waals surface area contributed by atoms with Crippen molar-refractivity contribution in [1.82, 2.24) is 29.3 Å². The fourth-order valence-corrected chi connectivity index (χ4v) is 4.96. The monoisotopic (exact) mass is 608 g/mol. The Hall–Kier alpha value is -4.67. The van der Waals surface area contributed by atoms with Crippen molar-refractivity contribution in [2.45, 2.75) is 32.1 Å². The van der Waals surface area contributed by atoms with E-state index in [4.69, 9.17) is 0 Å². The lowest BCUT2D eigenvalue weighted by atomic mass is 10.1. The molecule has 0 aliphatic carbocycles. The van der Waals surface area contributed by atoms with Gasteiger partial charge in [-0.15, -0.1) is 0 Å². The maximum atomic E-state index is 14.8. The quantitative estimate of drug-likeness (QED) is 0.200. The molecular weight excluding hydrogens is 576 g/mol. The van der Waals surface area contributed by atoms with Crippen LogP contribution in [-0.4, -0.2) is 68.6 Å². The van der Waals surface area contributed by atoms with Crippen LogP contribution >= 0.6 is 0 Å². The molecule has 2 amide bonds. The van der Waals surface area contributed by atoms with E-state index in [0.717, 1.165) is 31.3 Å². The largest absolute Gasteiger partial charge is 0.432 e. The average Bonchev–Trinajstić information content (AvgIpc) is 3.70. The molecule has 44 heavy (non-hydrogen) atoms. The van der Waals surface area contributed by atoms with E-state index in [1.807, 2.05) is 6.92 Å². The van der Waals surface area contributed by atoms with Crippen molar-refractivity contribution < 1.29 is 22.4 Å². The van der Waals surface area contributed by atoms with Crippen LogP contribution < -0.4 is 10.6 Å². The second kappa shape index (κ2) is 12.5. The number of anilines is 2. The number of alkyl halides is 3. The highest BCUT2D eigenvalue weighted by Crippen LogP contribution is 2.29. The van der Waals surface area contributed by atoms with Crippen molar-refractivity contribution in [3.8, 4) is 23.5 Å². The van der Waals surface area contributed by atoms with Crippen molar-refractivity contribution in [3.05, 3.63) is 82.7 Å². The number of carbonyl (C=O) groups excluding carboxylic acids is 1. The lowest BCUT2D eigenvalue weighted by molar-refractivity contribution is -0.140. The predicted molar refractivity (Wildman–Crippen MR) is 159 cm³/mol. The van der Waals surface area contributed by atoms with E-state index in [0.29, 0.717) is 40.8 Å². The van der Waals surface area contributed by atoms with Gasteiger partial charge in [-0.2, -0.15) is 13.2 Å². The van der Waals surface area contributed by atoms with Crippen molar-refractivity contribution in [2.75, 3.05) is 37.8 Å². The highest BCUT2D eigenvalue weighted by molar-refractivity contribution is 5.99. The minimum Gasteiger partial charge on any atom is -0.332 e. The van der Waals surface area contributed by atoms with Gasteiger partial charge >= 0.3 is 12.2 Å². The molecule has 1 atom stereocenters. The lowest BCUT2D eigenvalue weighted by Crippen LogP contribution is -2.31. The molecule has 230 valence electrons. The molecule has 9 nitrogen and oxygen atoms in total. The molecule has 0 spiro atoms. The standard InChI is InChI=1S/C31H32F4N8O/c1-19-5-8-22(13-20(19)6-10-24-17-42(4)29(37-24)28-36-15-27(40-28)31(33,34)35)38-30(44)39-23-9-7-21(26(32)14-23)16-43-12-11-25(18-43)41(2)3/h5,7-9,13-15,17,25H,11-12,16,18H2,1-4H3,(H,36,40)(H2,38,39,44)/t25-/m1/s1. The van der Waals surface area contributed by atoms with Crippen LogP contribution in [-0.2, 0) is 19.8 Å². The lowest BCUT2D eigenvalue weighted by Gasteiger charge is -2.20. The van der Waals surface area contributed by atoms with E-state index in [1.54, 1.807) is 43.6 Å². The summed E-state index contributed by atoms with van der Waals surface area (Å²) >= 11 is 0. The molecule has 1 fully saturated rings. The van der Waals surface area contributed by atoms with Gasteiger partial charge in [-0.25, -0.2) is 19.2 Å². The van der Waals surface area contributed by atoms with Crippen LogP contribution in [0.25, 0.3) is 11.6 Å². The number of halogens is 4. The average molecular weight is 609 g/mol. The number of rotatable bonds is 6. The second-order valence-electron chi connectivity index (χ2n) is 11.0. The molecule has 1 saturated heterocycles. The Morgan fingerprint density at radius 1 is 1.14 bits per heavy atom. The number of urea groups is 1. The number of imidazole rings is 2. The zero-order valence-electron chi connectivity index (χ0n) is 24.7. The Morgan fingerprint density at radius 3 is 2.52 bits per heavy atom. The molecule has 0 radical (unpaired) electrons. The van der Waals surface area contributed by atoms with E-state index < -0.39 is 17.9 Å². The van der Waals surface area contributed by atoms with E-state index >= 15 is 0 Å². The van der Waals surface area contributed by atoms with Crippen LogP contribution in [0.1, 0.15) is 34.5 Å². The first-order valence-electron chi connectivity index (χ1n) is 13.9. The fraction of sp³-hybridized carbons (Fsp3) is 0.323. The molecule has 2 aromatic heterocycles. The van der Waals surface area contributed by atoms with Gasteiger partial charge in [0.2, 0.25) is 0 Å². The number of aromatic amines is 1. The van der Waals surface area contributed by atoms with Gasteiger partial charge < -0.3 is 25.1 Å². The number of carbonyl (C=O) groups is 1. The van der Waals surface area contributed by atoms with Crippen molar-refractivity contribution >= 4 is 17.4 Å². The molecule has 3 N–H and O–H groups in total. The number of hydrogen-bond donors (Lipinski definition) is 3. The Morgan fingerprint density at radius 2 is 1.86 bits per heavy atom. The topological polar surface area (TPSA) is 94.1 Å². The second-order valence-corrected chi connectivity index (χ2v) is 11.0. The van der Waals surface area contributed by atoms with Crippen molar-refractivity contribution in [3.63, 3.8) is 0 Å². The zero-order valence-corrected chi connectivity index (χ0v) is 24.7. The van der Waals surface area contributed by atoms with Crippen LogP contribution in [0.15, 0.2) is 48.8 Å². The van der Waals surface area contributed by atoms with Crippen LogP contribution in [0.3, 0.4) is 0 Å². The van der Waals surface area contributed by atoms with Crippen molar-refractivity contribution in [2.24, 2.45) is 7.05 Å². The van der Waals surface area contributed by atoms with Gasteiger partial charge in [-0.1, -0.05) is 18.1 Å². The number of H-pyrrole nitrogens is 1. The molecule has 1 aliphatic heterocycles. The summed E-state index contributed by atoms with van der Waals surface area (Å²) in [6, 6.07) is 9.80. The summed E-state index contributed by atoms with van der Waals surface area (Å²) in [6.45, 7) is 4.16. The summed E-state index contributed by atoms with van der Waals surface area (Å²) in [4.78, 5) is 27.4. The number of aromatic nitrogens is 4. The van der Waals surface area contributed by atoms with Gasteiger partial charge in [0.05, 0.1) is 6.20 Å². The molecule has 5 rings (SSSR count). The van der Waals surface area contributed by atoms with Gasteiger partial charge in [0.1, 0.15) is 17.2 Å². The maximum absolute atomic E-state index is 14.8. The first-order chi connectivity index (χ1) is 20.9. The van der Waals surface area contributed by atoms with E-state index in [9.17, 15) is 22.4 Å². The molecule has 0 saturated carbocycles. The van der Waals surface area contributed by atoms with Gasteiger partial charge in [-0.3, -0.25) is 4.90 Å². The summed E-state index contributed by atoms with van der Waals surface area (Å²) in [5.74, 6) is 5.71. The third-order valence-corrected chi connectivity index (χ3v) is 7.47. The Kier molecular flexibility index (Phi) is 8.75. The number of aryl methyl sites for hydroxylation is 2. The molecular formula is C31H32F4N8O. The Balaban J connectivity index is 1.22. The smallest absolute Gasteiger partial charge is 0.332 e. The number of likely N-dealkylation sites (N-methyl/N-ethyl adjacent to an activating group) is 1. The fourth-order valence-electron chi connectivity index (χ4n) is 4.96. The molecule has 4 aromatic rings. The van der Waals surface area contributed by atoms with Crippen LogP contribution in [0.4, 0.5) is 33.7 Å². The van der Waals surface area contributed by atoms with E-state index in [-0.39, 0.29) is 17.5 Å². The molecule has 13 heteroatoms. The normalized spacial score (nSPS) is 15.3. The summed E-state index contributed by atoms with van der Waals surface area (Å²) in [5.41, 5.74) is 2.19. The molecule has 1 aliphatic rings. The zero-order chi connectivity index (χ0) is 31.6. The van der Waals surface area contributed by atoms with E-state index in [1.165, 1.54) is 10.6 Å². The number of hydrogen-bond acceptors (Lipinski definition) is 5. The van der Waals surface area contributed by atoms with E-state index in [2.05, 4.69) is 61.3 Å². The third kappa shape index (κ3) is 7.27. The maximum Gasteiger partial charge on any atom is 0.432 e. The molecule has 0 unspecified atom stereocenters. The molecule has 0 bridgehead atoms. The Labute approximate surface area is 252 Å². The minimum atomic E-state index is -4.54. The van der Waals surface area contributed by atoms with Crippen LogP contribution in [0, 0.1) is 24.6 Å². The van der Waals surface area contributed by atoms with Crippen LogP contribution in [0.5, 0.6) is 0 Å². The predicted octanol–water partition coefficient (Wildman–Crippen LogP) is 5.46. The summed E-state index contributed by atoms with van der Waals surface area (Å²) in [5, 5.41) is 5.40. The third-order valence-electron chi connectivity index (χ3n) is 7.47. The summed E-state index contributed by atoms with van der Waals surface area (Å²) in [6.07, 6.45) is -1.20. The number of benzene rings is 2. The highest BCUT2D eigenvalue weighted by atomic mass is 19.4. The number of nitrogens with one attached hydrogen (secondary N) is 3. The molecule has 3 heterocycles. The summed E-state index contributed by atoms with van der Waals surface area (Å²) < 4.78 is 55.2. The molecule has 2 aromatic carbocycles. The number of nitrogens with zero attached hydrogens (tertiary/aromatic N) is 5. The first kappa shape index (κ1) is 30.8. The van der Waals surface area contributed by atoms with Gasteiger partial charge in [0, 0.05) is 61.4 Å². The summed E-state index contributed by atoms with van der Waals surface area (Å²) in [7, 11) is 5.73. The van der Waals surface area contributed by atoms with Gasteiger partial charge in [0.25, 0.3) is 0 Å². The minimum absolute atomic E-state index is 0.0273. The van der Waals surface area contributed by atoms with Gasteiger partial charge in [-0.05, 0) is 63.2 Å². The number of likely N-dealkylation sites (tertiary alicyclic amines) is 1. The van der Waals surface area contributed by atoms with Gasteiger partial charge in [0.15, 0.2) is 11.6 Å².